The highest BCUT2D eigenvalue weighted by Gasteiger charge is 2.73. The maximum atomic E-state index is 5.37. The number of hydrogen-bond acceptors (Lipinski definition) is 6. The van der Waals surface area contributed by atoms with Crippen LogP contribution in [-0.4, -0.2) is 29.3 Å². The summed E-state index contributed by atoms with van der Waals surface area (Å²) in [5, 5.41) is 0. The lowest BCUT2D eigenvalue weighted by Crippen LogP contribution is -2.70. The topological polar surface area (TPSA) is 38.7 Å². The Bertz CT molecular complexity index is 2300. The molecule has 5 heterocycles. The molecule has 4 aliphatic heterocycles. The number of rotatable bonds is 4. The van der Waals surface area contributed by atoms with Crippen molar-refractivity contribution >= 4 is 39.9 Å². The summed E-state index contributed by atoms with van der Waals surface area (Å²) < 4.78 is 0. The summed E-state index contributed by atoms with van der Waals surface area (Å²) >= 11 is 0. The van der Waals surface area contributed by atoms with Gasteiger partial charge in [-0.3, -0.25) is 0 Å². The predicted octanol–water partition coefficient (Wildman–Crippen LogP) is 10.1. The zero-order valence-electron chi connectivity index (χ0n) is 29.0. The van der Waals surface area contributed by atoms with Gasteiger partial charge in [0.1, 0.15) is 18.0 Å². The molecule has 6 nitrogen and oxygen atoms in total. The van der Waals surface area contributed by atoms with Crippen molar-refractivity contribution in [3.8, 4) is 11.4 Å². The fourth-order valence-corrected chi connectivity index (χ4v) is 10.4. The molecule has 4 aliphatic rings. The zero-order valence-corrected chi connectivity index (χ0v) is 29.0. The molecule has 3 unspecified atom stereocenters. The summed E-state index contributed by atoms with van der Waals surface area (Å²) in [6, 6.07) is 46.8. The molecule has 6 heteroatoms. The summed E-state index contributed by atoms with van der Waals surface area (Å²) in [6.45, 7) is 6.98. The lowest BCUT2D eigenvalue weighted by Gasteiger charge is -2.62. The molecule has 0 fully saturated rings. The Morgan fingerprint density at radius 2 is 1.12 bits per heavy atom. The van der Waals surface area contributed by atoms with Gasteiger partial charge in [0.2, 0.25) is 0 Å². The summed E-state index contributed by atoms with van der Waals surface area (Å²) in [4.78, 5) is 20.8. The normalized spacial score (nSPS) is 21.8. The van der Waals surface area contributed by atoms with E-state index in [1.165, 1.54) is 45.1 Å². The van der Waals surface area contributed by atoms with Crippen LogP contribution in [0, 0.1) is 12.3 Å². The molecule has 0 saturated carbocycles. The van der Waals surface area contributed by atoms with Crippen LogP contribution >= 0.6 is 0 Å². The average molecular weight is 653 g/mol. The van der Waals surface area contributed by atoms with Gasteiger partial charge in [-0.2, -0.15) is 0 Å². The molecule has 1 aromatic heterocycles. The maximum Gasteiger partial charge on any atom is 0.161 e. The number of aryl methyl sites for hydroxylation is 1. The first-order chi connectivity index (χ1) is 24.6. The summed E-state index contributed by atoms with van der Waals surface area (Å²) in [5.74, 6) is 1.75. The zero-order chi connectivity index (χ0) is 33.8. The van der Waals surface area contributed by atoms with Gasteiger partial charge in [0.05, 0.1) is 23.0 Å². The smallest absolute Gasteiger partial charge is 0.161 e. The van der Waals surface area contributed by atoms with Gasteiger partial charge < -0.3 is 19.6 Å². The van der Waals surface area contributed by atoms with Gasteiger partial charge in [0.25, 0.3) is 0 Å². The van der Waals surface area contributed by atoms with Gasteiger partial charge in [0, 0.05) is 35.1 Å². The molecule has 3 atom stereocenters. The third-order valence-corrected chi connectivity index (χ3v) is 12.4. The Morgan fingerprint density at radius 3 is 1.76 bits per heavy atom. The largest absolute Gasteiger partial charge is 0.336 e. The van der Waals surface area contributed by atoms with Gasteiger partial charge in [-0.15, -0.1) is 0 Å². The Balaban J connectivity index is 1.29. The van der Waals surface area contributed by atoms with Crippen molar-refractivity contribution in [1.82, 2.24) is 9.97 Å². The van der Waals surface area contributed by atoms with E-state index in [1.54, 1.807) is 0 Å². The standard InChI is InChI=1S/C44H40N6/c1-5-43(6-2)41-48(30-19-8-7-9-20-30)36-26-16-17-27-37(36)49(41)34-24-14-12-22-32(34)44(43)33-23-13-15-25-35(33)50-38-28-45-39(31-21-11-10-18-29(31)3)46-40(38)47(4)42(44)50/h7-28,41-42H,5-6H2,1-4H3. The Kier molecular flexibility index (Phi) is 6.12. The summed E-state index contributed by atoms with van der Waals surface area (Å²) in [7, 11) is 2.26. The van der Waals surface area contributed by atoms with Crippen LogP contribution in [0.5, 0.6) is 0 Å². The van der Waals surface area contributed by atoms with Crippen LogP contribution in [0.4, 0.5) is 39.9 Å². The number of anilines is 7. The number of likely N-dealkylation sites (N-methyl/N-ethyl adjacent to an activating group) is 1. The number of hydrogen-bond donors (Lipinski definition) is 0. The van der Waals surface area contributed by atoms with E-state index >= 15 is 0 Å². The van der Waals surface area contributed by atoms with Crippen LogP contribution in [-0.2, 0) is 5.41 Å². The number of para-hydroxylation sites is 5. The molecule has 0 radical (unpaired) electrons. The highest BCUT2D eigenvalue weighted by molar-refractivity contribution is 5.95. The van der Waals surface area contributed by atoms with E-state index in [2.05, 4.69) is 181 Å². The van der Waals surface area contributed by atoms with E-state index in [0.29, 0.717) is 0 Å². The Labute approximate surface area is 294 Å². The fourth-order valence-electron chi connectivity index (χ4n) is 10.4. The minimum atomic E-state index is -0.432. The van der Waals surface area contributed by atoms with Crippen molar-refractivity contribution < 1.29 is 0 Å². The van der Waals surface area contributed by atoms with Crippen molar-refractivity contribution in [2.45, 2.75) is 51.4 Å². The molecule has 246 valence electrons. The van der Waals surface area contributed by atoms with E-state index in [0.717, 1.165) is 35.7 Å². The third-order valence-electron chi connectivity index (χ3n) is 12.4. The van der Waals surface area contributed by atoms with Gasteiger partial charge in [0.15, 0.2) is 11.6 Å². The SMILES string of the molecule is CCC1(CC)C2N(c3ccccc3)c3ccccc3N2c2ccccc2C12c1ccccc1N1c3cnc(-c4ccccc4C)nc3N(C)C12. The molecule has 50 heavy (non-hydrogen) atoms. The van der Waals surface area contributed by atoms with E-state index in [1.807, 2.05) is 0 Å². The molecule has 1 spiro atoms. The first-order valence-electron chi connectivity index (χ1n) is 17.9. The maximum absolute atomic E-state index is 5.37. The Morgan fingerprint density at radius 1 is 0.580 bits per heavy atom. The minimum absolute atomic E-state index is 0.0194. The monoisotopic (exact) mass is 652 g/mol. The minimum Gasteiger partial charge on any atom is -0.336 e. The second-order valence-corrected chi connectivity index (χ2v) is 14.2. The van der Waals surface area contributed by atoms with Crippen molar-refractivity contribution in [2.24, 2.45) is 5.41 Å². The predicted molar refractivity (Wildman–Crippen MR) is 204 cm³/mol. The van der Waals surface area contributed by atoms with E-state index in [-0.39, 0.29) is 17.7 Å². The third kappa shape index (κ3) is 3.39. The van der Waals surface area contributed by atoms with Crippen LogP contribution in [0.1, 0.15) is 43.4 Å². The van der Waals surface area contributed by atoms with Gasteiger partial charge in [-0.25, -0.2) is 9.97 Å². The quantitative estimate of drug-likeness (QED) is 0.189. The molecular formula is C44H40N6. The summed E-state index contributed by atoms with van der Waals surface area (Å²) in [6.07, 6.45) is 3.98. The molecule has 6 aromatic rings. The van der Waals surface area contributed by atoms with E-state index in [4.69, 9.17) is 9.97 Å². The average Bonchev–Trinajstić information content (AvgIpc) is 3.78. The second-order valence-electron chi connectivity index (χ2n) is 14.2. The fraction of sp³-hybridized carbons (Fsp3) is 0.227. The summed E-state index contributed by atoms with van der Waals surface area (Å²) in [5.41, 5.74) is 11.6. The lowest BCUT2D eigenvalue weighted by atomic mass is 9.50. The van der Waals surface area contributed by atoms with Crippen molar-refractivity contribution in [2.75, 3.05) is 26.6 Å². The molecule has 5 aromatic carbocycles. The van der Waals surface area contributed by atoms with E-state index in [9.17, 15) is 0 Å². The molecular weight excluding hydrogens is 613 g/mol. The first-order valence-corrected chi connectivity index (χ1v) is 17.9. The number of fused-ring (bicyclic) bond motifs is 13. The van der Waals surface area contributed by atoms with Crippen LogP contribution in [0.15, 0.2) is 134 Å². The van der Waals surface area contributed by atoms with Crippen LogP contribution < -0.4 is 19.6 Å². The number of nitrogens with zero attached hydrogens (tertiary/aromatic N) is 6. The lowest BCUT2D eigenvalue weighted by molar-refractivity contribution is 0.0773. The highest BCUT2D eigenvalue weighted by atomic mass is 15.5. The molecule has 0 amide bonds. The molecule has 0 saturated heterocycles. The van der Waals surface area contributed by atoms with E-state index < -0.39 is 5.41 Å². The molecule has 0 bridgehead atoms. The molecule has 0 aliphatic carbocycles. The Hall–Kier alpha value is -5.62. The second kappa shape index (κ2) is 10.4. The van der Waals surface area contributed by atoms with Crippen molar-refractivity contribution in [3.63, 3.8) is 0 Å². The first kappa shape index (κ1) is 29.3. The molecule has 0 N–H and O–H groups in total. The molecule has 10 rings (SSSR count). The van der Waals surface area contributed by atoms with Crippen LogP contribution in [0.25, 0.3) is 11.4 Å². The highest BCUT2D eigenvalue weighted by Crippen LogP contribution is 2.73. The van der Waals surface area contributed by atoms with Gasteiger partial charge >= 0.3 is 0 Å². The van der Waals surface area contributed by atoms with Crippen molar-refractivity contribution in [3.05, 3.63) is 150 Å². The number of benzene rings is 5. The van der Waals surface area contributed by atoms with Gasteiger partial charge in [-0.05, 0) is 72.9 Å². The van der Waals surface area contributed by atoms with Crippen LogP contribution in [0.2, 0.25) is 0 Å². The van der Waals surface area contributed by atoms with Gasteiger partial charge in [-0.1, -0.05) is 105 Å². The van der Waals surface area contributed by atoms with Crippen LogP contribution in [0.3, 0.4) is 0 Å². The number of aromatic nitrogens is 2. The van der Waals surface area contributed by atoms with Crippen molar-refractivity contribution in [1.29, 1.82) is 0 Å².